The van der Waals surface area contributed by atoms with Gasteiger partial charge in [-0.2, -0.15) is 0 Å². The van der Waals surface area contributed by atoms with Gasteiger partial charge in [0.05, 0.1) is 23.8 Å². The molecule has 0 radical (unpaired) electrons. The number of carbonyl (C=O) groups is 1. The first-order valence-electron chi connectivity index (χ1n) is 9.12. The molecule has 138 valence electrons. The Balaban J connectivity index is 1.31. The molecule has 1 atom stereocenters. The molecule has 6 nitrogen and oxygen atoms in total. The third kappa shape index (κ3) is 3.84. The summed E-state index contributed by atoms with van der Waals surface area (Å²) in [6.45, 7) is 1.48. The number of amides is 1. The Labute approximate surface area is 156 Å². The van der Waals surface area contributed by atoms with Crippen LogP contribution in [0.25, 0.3) is 10.9 Å². The Hall–Kier alpha value is -3.15. The van der Waals surface area contributed by atoms with Crippen LogP contribution >= 0.6 is 0 Å². The Kier molecular flexibility index (Phi) is 4.87. The lowest BCUT2D eigenvalue weighted by molar-refractivity contribution is -0.121. The fourth-order valence-electron chi connectivity index (χ4n) is 3.36. The van der Waals surface area contributed by atoms with E-state index >= 15 is 0 Å². The summed E-state index contributed by atoms with van der Waals surface area (Å²) in [5.41, 5.74) is 1.73. The van der Waals surface area contributed by atoms with Gasteiger partial charge in [-0.15, -0.1) is 0 Å². The number of benzene rings is 2. The fourth-order valence-corrected chi connectivity index (χ4v) is 3.36. The highest BCUT2D eigenvalue weighted by molar-refractivity contribution is 5.77. The molecule has 1 N–H and O–H groups in total. The summed E-state index contributed by atoms with van der Waals surface area (Å²) in [7, 11) is 0. The fraction of sp³-hybridized carbons (Fsp3) is 0.286. The number of aryl methyl sites for hydroxylation is 1. The molecule has 0 spiro atoms. The van der Waals surface area contributed by atoms with E-state index in [1.807, 2.05) is 30.3 Å². The topological polar surface area (TPSA) is 73.2 Å². The van der Waals surface area contributed by atoms with Gasteiger partial charge in [0.2, 0.25) is 5.91 Å². The molecule has 2 aromatic carbocycles. The molecule has 1 unspecified atom stereocenters. The van der Waals surface area contributed by atoms with Crippen molar-refractivity contribution in [1.82, 2.24) is 14.9 Å². The molecule has 1 aromatic heterocycles. The van der Waals surface area contributed by atoms with Crippen molar-refractivity contribution in [3.8, 4) is 5.75 Å². The molecular weight excluding hydrogens is 342 g/mol. The lowest BCUT2D eigenvalue weighted by Gasteiger charge is -2.25. The summed E-state index contributed by atoms with van der Waals surface area (Å²) >= 11 is 0. The largest absolute Gasteiger partial charge is 0.493 e. The van der Waals surface area contributed by atoms with Crippen LogP contribution in [-0.2, 0) is 17.8 Å². The molecule has 0 fully saturated rings. The van der Waals surface area contributed by atoms with Gasteiger partial charge in [0.15, 0.2) is 0 Å². The van der Waals surface area contributed by atoms with E-state index in [-0.39, 0.29) is 23.8 Å². The minimum absolute atomic E-state index is 0.0751. The first kappa shape index (κ1) is 17.3. The smallest absolute Gasteiger partial charge is 0.261 e. The minimum Gasteiger partial charge on any atom is -0.493 e. The summed E-state index contributed by atoms with van der Waals surface area (Å²) in [6, 6.07) is 15.2. The van der Waals surface area contributed by atoms with Crippen molar-refractivity contribution in [2.75, 3.05) is 13.2 Å². The first-order valence-corrected chi connectivity index (χ1v) is 9.12. The molecule has 3 aromatic rings. The molecule has 4 rings (SSSR count). The van der Waals surface area contributed by atoms with E-state index < -0.39 is 0 Å². The Bertz CT molecular complexity index is 1030. The normalized spacial score (nSPS) is 15.8. The quantitative estimate of drug-likeness (QED) is 0.754. The Morgan fingerprint density at radius 1 is 1.19 bits per heavy atom. The average Bonchev–Trinajstić information content (AvgIpc) is 2.72. The van der Waals surface area contributed by atoms with Crippen molar-refractivity contribution in [2.45, 2.75) is 19.4 Å². The summed E-state index contributed by atoms with van der Waals surface area (Å²) in [5.74, 6) is 1.12. The number of aromatic nitrogens is 2. The lowest BCUT2D eigenvalue weighted by atomic mass is 9.97. The number of nitrogens with one attached hydrogen (secondary N) is 1. The van der Waals surface area contributed by atoms with Crippen LogP contribution in [-0.4, -0.2) is 28.6 Å². The van der Waals surface area contributed by atoms with Crippen LogP contribution in [0.4, 0.5) is 0 Å². The van der Waals surface area contributed by atoms with Crippen molar-refractivity contribution in [1.29, 1.82) is 0 Å². The average molecular weight is 363 g/mol. The third-order valence-corrected chi connectivity index (χ3v) is 4.85. The van der Waals surface area contributed by atoms with Crippen LogP contribution in [0.3, 0.4) is 0 Å². The van der Waals surface area contributed by atoms with E-state index in [9.17, 15) is 9.59 Å². The predicted octanol–water partition coefficient (Wildman–Crippen LogP) is 2.15. The second kappa shape index (κ2) is 7.61. The highest BCUT2D eigenvalue weighted by Gasteiger charge is 2.19. The zero-order valence-corrected chi connectivity index (χ0v) is 14.9. The maximum Gasteiger partial charge on any atom is 0.261 e. The number of para-hydroxylation sites is 2. The van der Waals surface area contributed by atoms with Crippen molar-refractivity contribution in [3.63, 3.8) is 0 Å². The predicted molar refractivity (Wildman–Crippen MR) is 103 cm³/mol. The van der Waals surface area contributed by atoms with Crippen LogP contribution in [0.15, 0.2) is 59.7 Å². The first-order chi connectivity index (χ1) is 13.2. The number of ether oxygens (including phenoxy) is 1. The minimum atomic E-state index is -0.120. The number of carbonyl (C=O) groups excluding carboxylic acids is 1. The Morgan fingerprint density at radius 2 is 2.00 bits per heavy atom. The van der Waals surface area contributed by atoms with Crippen molar-refractivity contribution in [2.24, 2.45) is 5.92 Å². The van der Waals surface area contributed by atoms with Gasteiger partial charge in [-0.1, -0.05) is 30.3 Å². The molecule has 0 aliphatic carbocycles. The maximum atomic E-state index is 12.4. The van der Waals surface area contributed by atoms with Gasteiger partial charge >= 0.3 is 0 Å². The maximum absolute atomic E-state index is 12.4. The summed E-state index contributed by atoms with van der Waals surface area (Å²) in [4.78, 5) is 28.9. The summed E-state index contributed by atoms with van der Waals surface area (Å²) in [6.07, 6.45) is 2.64. The van der Waals surface area contributed by atoms with Crippen LogP contribution in [0.1, 0.15) is 12.0 Å². The van der Waals surface area contributed by atoms with Gasteiger partial charge in [0, 0.05) is 25.4 Å². The number of nitrogens with zero attached hydrogens (tertiary/aromatic N) is 2. The third-order valence-electron chi connectivity index (χ3n) is 4.85. The molecule has 6 heteroatoms. The van der Waals surface area contributed by atoms with Crippen LogP contribution in [0.2, 0.25) is 0 Å². The molecule has 0 saturated carbocycles. The number of hydrogen-bond donors (Lipinski definition) is 1. The zero-order chi connectivity index (χ0) is 18.6. The molecular formula is C21H21N3O3. The van der Waals surface area contributed by atoms with Crippen LogP contribution in [0.5, 0.6) is 5.75 Å². The number of hydrogen-bond acceptors (Lipinski definition) is 4. The van der Waals surface area contributed by atoms with Crippen molar-refractivity contribution in [3.05, 3.63) is 70.8 Å². The summed E-state index contributed by atoms with van der Waals surface area (Å²) in [5, 5.41) is 3.52. The summed E-state index contributed by atoms with van der Waals surface area (Å²) < 4.78 is 7.24. The molecule has 1 aliphatic heterocycles. The van der Waals surface area contributed by atoms with E-state index in [4.69, 9.17) is 4.74 Å². The monoisotopic (exact) mass is 363 g/mol. The number of rotatable bonds is 5. The molecule has 1 amide bonds. The van der Waals surface area contributed by atoms with Gasteiger partial charge in [-0.25, -0.2) is 4.98 Å². The van der Waals surface area contributed by atoms with Gasteiger partial charge in [0.25, 0.3) is 5.56 Å². The van der Waals surface area contributed by atoms with E-state index in [1.54, 1.807) is 12.1 Å². The molecule has 0 saturated heterocycles. The number of fused-ring (bicyclic) bond motifs is 2. The molecule has 27 heavy (non-hydrogen) atoms. The van der Waals surface area contributed by atoms with Gasteiger partial charge in [-0.05, 0) is 30.2 Å². The Morgan fingerprint density at radius 3 is 2.93 bits per heavy atom. The van der Waals surface area contributed by atoms with E-state index in [2.05, 4.69) is 16.4 Å². The highest BCUT2D eigenvalue weighted by Crippen LogP contribution is 2.26. The molecule has 2 heterocycles. The van der Waals surface area contributed by atoms with E-state index in [0.717, 1.165) is 12.2 Å². The van der Waals surface area contributed by atoms with E-state index in [0.29, 0.717) is 30.6 Å². The van der Waals surface area contributed by atoms with Crippen LogP contribution < -0.4 is 15.6 Å². The second-order valence-corrected chi connectivity index (χ2v) is 6.80. The molecule has 1 aliphatic rings. The SMILES string of the molecule is O=C(CCn1cnc2ccccc2c1=O)NCC1COc2ccccc2C1. The van der Waals surface area contributed by atoms with Crippen LogP contribution in [0, 0.1) is 5.92 Å². The van der Waals surface area contributed by atoms with Gasteiger partial charge < -0.3 is 10.1 Å². The lowest BCUT2D eigenvalue weighted by Crippen LogP contribution is -2.35. The highest BCUT2D eigenvalue weighted by atomic mass is 16.5. The van der Waals surface area contributed by atoms with Crippen molar-refractivity contribution < 1.29 is 9.53 Å². The van der Waals surface area contributed by atoms with Gasteiger partial charge in [-0.3, -0.25) is 14.2 Å². The van der Waals surface area contributed by atoms with Crippen molar-refractivity contribution >= 4 is 16.8 Å². The van der Waals surface area contributed by atoms with E-state index in [1.165, 1.54) is 16.5 Å². The zero-order valence-electron chi connectivity index (χ0n) is 14.9. The van der Waals surface area contributed by atoms with Gasteiger partial charge in [0.1, 0.15) is 5.75 Å². The standard InChI is InChI=1S/C21H21N3O3/c25-20(22-12-15-11-16-5-1-4-8-19(16)27-13-15)9-10-24-14-23-18-7-3-2-6-17(18)21(24)26/h1-8,14-15H,9-13H2,(H,22,25). The second-order valence-electron chi connectivity index (χ2n) is 6.80. The molecule has 0 bridgehead atoms.